The van der Waals surface area contributed by atoms with Gasteiger partial charge in [-0.15, -0.1) is 0 Å². The van der Waals surface area contributed by atoms with Crippen LogP contribution in [-0.2, 0) is 23.9 Å². The predicted octanol–water partition coefficient (Wildman–Crippen LogP) is 0.383. The Morgan fingerprint density at radius 2 is 1.62 bits per heavy atom. The van der Waals surface area contributed by atoms with Gasteiger partial charge in [0.25, 0.3) is 5.91 Å². The Balaban J connectivity index is 2.32. The van der Waals surface area contributed by atoms with Crippen LogP contribution in [0.5, 0.6) is 5.75 Å². The van der Waals surface area contributed by atoms with Crippen molar-refractivity contribution in [2.75, 3.05) is 19.8 Å². The molecule has 0 unspecified atom stereocenters. The smallest absolute Gasteiger partial charge is 0.338 e. The Morgan fingerprint density at radius 3 is 2.24 bits per heavy atom. The van der Waals surface area contributed by atoms with Crippen LogP contribution >= 0.6 is 12.2 Å². The molecule has 0 bridgehead atoms. The van der Waals surface area contributed by atoms with E-state index in [9.17, 15) is 19.2 Å². The van der Waals surface area contributed by atoms with Gasteiger partial charge in [-0.1, -0.05) is 0 Å². The minimum atomic E-state index is -0.678. The highest BCUT2D eigenvalue weighted by molar-refractivity contribution is 7.80. The number of benzene rings is 1. The molecule has 0 spiro atoms. The number of ether oxygens (including phenoxy) is 3. The molecule has 1 rings (SSSR count). The summed E-state index contributed by atoms with van der Waals surface area (Å²) in [6.45, 7) is 3.46. The van der Waals surface area contributed by atoms with Crippen molar-refractivity contribution in [3.63, 3.8) is 0 Å². The fourth-order valence-corrected chi connectivity index (χ4v) is 1.88. The van der Waals surface area contributed by atoms with Crippen LogP contribution < -0.4 is 20.9 Å². The van der Waals surface area contributed by atoms with Gasteiger partial charge in [-0.2, -0.15) is 0 Å². The predicted molar refractivity (Wildman–Crippen MR) is 106 cm³/mol. The van der Waals surface area contributed by atoms with E-state index in [0.717, 1.165) is 12.2 Å². The van der Waals surface area contributed by atoms with Crippen LogP contribution in [-0.4, -0.2) is 48.7 Å². The SMILES string of the molecule is CCOC(=O)C=CC(=O)NC(=S)NNC(=O)COc1ccc(C(=O)OCC)cc1. The van der Waals surface area contributed by atoms with Crippen LogP contribution in [0.25, 0.3) is 0 Å². The summed E-state index contributed by atoms with van der Waals surface area (Å²) in [5.41, 5.74) is 4.90. The van der Waals surface area contributed by atoms with Gasteiger partial charge in [0, 0.05) is 12.2 Å². The zero-order valence-electron chi connectivity index (χ0n) is 15.9. The molecule has 0 atom stereocenters. The van der Waals surface area contributed by atoms with E-state index in [1.54, 1.807) is 13.8 Å². The third-order valence-corrected chi connectivity index (χ3v) is 3.15. The first kappa shape index (κ1) is 23.6. The second-order valence-corrected chi connectivity index (χ2v) is 5.52. The average molecular weight is 423 g/mol. The molecule has 0 fully saturated rings. The minimum Gasteiger partial charge on any atom is -0.484 e. The molecule has 0 saturated heterocycles. The third-order valence-electron chi connectivity index (χ3n) is 2.94. The van der Waals surface area contributed by atoms with E-state index in [1.807, 2.05) is 0 Å². The number of hydrogen-bond donors (Lipinski definition) is 3. The van der Waals surface area contributed by atoms with E-state index in [2.05, 4.69) is 20.9 Å². The van der Waals surface area contributed by atoms with Gasteiger partial charge in [0.15, 0.2) is 11.7 Å². The molecule has 0 saturated carbocycles. The highest BCUT2D eigenvalue weighted by Crippen LogP contribution is 2.12. The third kappa shape index (κ3) is 9.86. The van der Waals surface area contributed by atoms with Gasteiger partial charge >= 0.3 is 11.9 Å². The fourth-order valence-electron chi connectivity index (χ4n) is 1.73. The van der Waals surface area contributed by atoms with Crippen molar-refractivity contribution in [1.82, 2.24) is 16.2 Å². The Kier molecular flexibility index (Phi) is 10.4. The van der Waals surface area contributed by atoms with Gasteiger partial charge in [0.05, 0.1) is 18.8 Å². The zero-order valence-corrected chi connectivity index (χ0v) is 16.7. The summed E-state index contributed by atoms with van der Waals surface area (Å²) in [5.74, 6) is -2.00. The topological polar surface area (TPSA) is 132 Å². The molecular formula is C18H21N3O7S. The first-order valence-electron chi connectivity index (χ1n) is 8.50. The number of amides is 2. The van der Waals surface area contributed by atoms with E-state index in [1.165, 1.54) is 24.3 Å². The standard InChI is InChI=1S/C18H21N3O7S/c1-3-26-16(24)10-9-14(22)19-18(29)21-20-15(23)11-28-13-7-5-12(6-8-13)17(25)27-4-2/h5-10H,3-4,11H2,1-2H3,(H,20,23)(H2,19,21,22,29). The van der Waals surface area contributed by atoms with Crippen molar-refractivity contribution in [2.45, 2.75) is 13.8 Å². The Bertz CT molecular complexity index is 778. The van der Waals surface area contributed by atoms with Crippen LogP contribution in [0.3, 0.4) is 0 Å². The number of nitrogens with one attached hydrogen (secondary N) is 3. The van der Waals surface area contributed by atoms with Gasteiger partial charge in [-0.25, -0.2) is 9.59 Å². The number of carbonyl (C=O) groups excluding carboxylic acids is 4. The van der Waals surface area contributed by atoms with Gasteiger partial charge in [0.1, 0.15) is 5.75 Å². The molecule has 3 N–H and O–H groups in total. The van der Waals surface area contributed by atoms with Gasteiger partial charge in [0.2, 0.25) is 5.91 Å². The molecule has 10 nitrogen and oxygen atoms in total. The van der Waals surface area contributed by atoms with Crippen molar-refractivity contribution < 1.29 is 33.4 Å². The maximum absolute atomic E-state index is 11.7. The molecule has 0 aliphatic heterocycles. The number of esters is 2. The molecule has 11 heteroatoms. The molecular weight excluding hydrogens is 402 g/mol. The number of hydrazine groups is 1. The lowest BCUT2D eigenvalue weighted by Gasteiger charge is -2.10. The van der Waals surface area contributed by atoms with Crippen molar-refractivity contribution in [1.29, 1.82) is 0 Å². The average Bonchev–Trinajstić information content (AvgIpc) is 2.70. The maximum atomic E-state index is 11.7. The second kappa shape index (κ2) is 12.8. The number of carbonyl (C=O) groups is 4. The molecule has 0 aromatic heterocycles. The minimum absolute atomic E-state index is 0.185. The molecule has 2 amide bonds. The largest absolute Gasteiger partial charge is 0.484 e. The first-order chi connectivity index (χ1) is 13.8. The van der Waals surface area contributed by atoms with Gasteiger partial charge in [-0.05, 0) is 50.3 Å². The summed E-state index contributed by atoms with van der Waals surface area (Å²) >= 11 is 4.83. The van der Waals surface area contributed by atoms with Crippen molar-refractivity contribution in [2.24, 2.45) is 0 Å². The normalized spacial score (nSPS) is 10.0. The van der Waals surface area contributed by atoms with E-state index >= 15 is 0 Å². The van der Waals surface area contributed by atoms with E-state index in [0.29, 0.717) is 11.3 Å². The summed E-state index contributed by atoms with van der Waals surface area (Å²) < 4.78 is 14.8. The lowest BCUT2D eigenvalue weighted by atomic mass is 10.2. The molecule has 0 aliphatic rings. The number of hydrogen-bond acceptors (Lipinski definition) is 8. The van der Waals surface area contributed by atoms with Crippen LogP contribution in [0.4, 0.5) is 0 Å². The van der Waals surface area contributed by atoms with Gasteiger partial charge < -0.3 is 14.2 Å². The summed E-state index contributed by atoms with van der Waals surface area (Å²) in [5, 5.41) is 2.04. The summed E-state index contributed by atoms with van der Waals surface area (Å²) in [6.07, 6.45) is 1.89. The number of rotatable bonds is 8. The Hall–Kier alpha value is -3.47. The Morgan fingerprint density at radius 1 is 0.966 bits per heavy atom. The monoisotopic (exact) mass is 423 g/mol. The molecule has 0 heterocycles. The molecule has 1 aromatic rings. The van der Waals surface area contributed by atoms with Crippen LogP contribution in [0.1, 0.15) is 24.2 Å². The van der Waals surface area contributed by atoms with Crippen LogP contribution in [0, 0.1) is 0 Å². The van der Waals surface area contributed by atoms with E-state index in [4.69, 9.17) is 21.7 Å². The summed E-state index contributed by atoms with van der Waals surface area (Å²) in [7, 11) is 0. The molecule has 0 radical (unpaired) electrons. The second-order valence-electron chi connectivity index (χ2n) is 5.11. The summed E-state index contributed by atoms with van der Waals surface area (Å²) in [4.78, 5) is 45.9. The van der Waals surface area contributed by atoms with Gasteiger partial charge in [-0.3, -0.25) is 25.8 Å². The Labute approximate surface area is 172 Å². The number of thiocarbonyl (C=S) groups is 1. The van der Waals surface area contributed by atoms with Crippen molar-refractivity contribution >= 4 is 41.1 Å². The highest BCUT2D eigenvalue weighted by atomic mass is 32.1. The first-order valence-corrected chi connectivity index (χ1v) is 8.91. The maximum Gasteiger partial charge on any atom is 0.338 e. The fraction of sp³-hybridized carbons (Fsp3) is 0.278. The van der Waals surface area contributed by atoms with Crippen LogP contribution in [0.15, 0.2) is 36.4 Å². The lowest BCUT2D eigenvalue weighted by Crippen LogP contribution is -2.49. The van der Waals surface area contributed by atoms with Crippen LogP contribution in [0.2, 0.25) is 0 Å². The van der Waals surface area contributed by atoms with Crippen molar-refractivity contribution in [3.8, 4) is 5.75 Å². The highest BCUT2D eigenvalue weighted by Gasteiger charge is 2.08. The molecule has 156 valence electrons. The zero-order chi connectivity index (χ0) is 21.6. The summed E-state index contributed by atoms with van der Waals surface area (Å²) in [6, 6.07) is 6.07. The van der Waals surface area contributed by atoms with E-state index in [-0.39, 0.29) is 24.9 Å². The lowest BCUT2D eigenvalue weighted by molar-refractivity contribution is -0.137. The molecule has 1 aromatic carbocycles. The van der Waals surface area contributed by atoms with E-state index < -0.39 is 23.8 Å². The molecule has 0 aliphatic carbocycles. The van der Waals surface area contributed by atoms with Crippen molar-refractivity contribution in [3.05, 3.63) is 42.0 Å². The molecule has 29 heavy (non-hydrogen) atoms. The quantitative estimate of drug-likeness (QED) is 0.235.